The molecule has 1 N–H and O–H groups in total. The smallest absolute Gasteiger partial charge is 0.276 e. The molecule has 0 radical (unpaired) electrons. The van der Waals surface area contributed by atoms with E-state index in [0.29, 0.717) is 22.6 Å². The van der Waals surface area contributed by atoms with Crippen LogP contribution in [0.1, 0.15) is 11.1 Å². The molecule has 0 aromatic heterocycles. The molecule has 0 saturated heterocycles. The third kappa shape index (κ3) is 3.49. The minimum Gasteiger partial charge on any atom is -0.493 e. The number of aliphatic hydroxyl groups excluding tert-OH is 1. The van der Waals surface area contributed by atoms with Gasteiger partial charge in [0.15, 0.2) is 11.5 Å². The Hall–Kier alpha value is -2.60. The first kappa shape index (κ1) is 14.8. The van der Waals surface area contributed by atoms with Crippen molar-refractivity contribution in [3.63, 3.8) is 0 Å². The zero-order chi connectivity index (χ0) is 15.2. The zero-order valence-corrected chi connectivity index (χ0v) is 11.5. The minimum absolute atomic E-state index is 0.00906. The summed E-state index contributed by atoms with van der Waals surface area (Å²) < 4.78 is 10.8. The monoisotopic (exact) mass is 289 g/mol. The third-order valence-electron chi connectivity index (χ3n) is 2.98. The summed E-state index contributed by atoms with van der Waals surface area (Å²) in [6.45, 7) is -0.0752. The highest BCUT2D eigenvalue weighted by atomic mass is 16.6. The third-order valence-corrected chi connectivity index (χ3v) is 2.98. The van der Waals surface area contributed by atoms with Crippen molar-refractivity contribution < 1.29 is 19.5 Å². The van der Waals surface area contributed by atoms with E-state index in [4.69, 9.17) is 14.6 Å². The summed E-state index contributed by atoms with van der Waals surface area (Å²) in [6.07, 6.45) is 0. The van der Waals surface area contributed by atoms with Crippen molar-refractivity contribution >= 4 is 5.69 Å². The van der Waals surface area contributed by atoms with Gasteiger partial charge >= 0.3 is 0 Å². The van der Waals surface area contributed by atoms with Gasteiger partial charge in [0.05, 0.1) is 24.2 Å². The fraction of sp³-hybridized carbons (Fsp3) is 0.200. The van der Waals surface area contributed by atoms with Crippen LogP contribution in [-0.4, -0.2) is 17.1 Å². The summed E-state index contributed by atoms with van der Waals surface area (Å²) in [7, 11) is 1.51. The van der Waals surface area contributed by atoms with Gasteiger partial charge in [-0.05, 0) is 23.8 Å². The number of hydrogen-bond donors (Lipinski definition) is 1. The number of methoxy groups -OCH3 is 1. The van der Waals surface area contributed by atoms with Crippen LogP contribution in [0, 0.1) is 10.1 Å². The maximum atomic E-state index is 10.9. The van der Waals surface area contributed by atoms with Crippen LogP contribution in [0.25, 0.3) is 0 Å². The average molecular weight is 289 g/mol. The number of ether oxygens (including phenoxy) is 2. The van der Waals surface area contributed by atoms with Gasteiger partial charge < -0.3 is 14.6 Å². The van der Waals surface area contributed by atoms with Crippen LogP contribution in [0.5, 0.6) is 11.5 Å². The van der Waals surface area contributed by atoms with Crippen molar-refractivity contribution in [2.24, 2.45) is 0 Å². The van der Waals surface area contributed by atoms with Crippen molar-refractivity contribution in [1.29, 1.82) is 0 Å². The van der Waals surface area contributed by atoms with Gasteiger partial charge in [-0.3, -0.25) is 10.1 Å². The molecule has 2 rings (SSSR count). The lowest BCUT2D eigenvalue weighted by atomic mass is 10.2. The Morgan fingerprint density at radius 2 is 1.95 bits per heavy atom. The maximum Gasteiger partial charge on any atom is 0.276 e. The van der Waals surface area contributed by atoms with E-state index >= 15 is 0 Å². The molecule has 0 spiro atoms. The van der Waals surface area contributed by atoms with E-state index < -0.39 is 4.92 Å². The molecule has 0 bridgehead atoms. The second-order valence-electron chi connectivity index (χ2n) is 4.32. The standard InChI is InChI=1S/C15H15NO5/c1-20-14-7-6-11(9-17)8-15(14)21-10-12-4-2-3-5-13(12)16(18)19/h2-8,17H,9-10H2,1H3. The molecular formula is C15H15NO5. The summed E-state index contributed by atoms with van der Waals surface area (Å²) in [5.74, 6) is 0.938. The molecule has 21 heavy (non-hydrogen) atoms. The minimum atomic E-state index is -0.444. The quantitative estimate of drug-likeness (QED) is 0.653. The van der Waals surface area contributed by atoms with E-state index in [1.807, 2.05) is 0 Å². The highest BCUT2D eigenvalue weighted by Crippen LogP contribution is 2.29. The summed E-state index contributed by atoms with van der Waals surface area (Å²) >= 11 is 0. The number of benzene rings is 2. The van der Waals surface area contributed by atoms with Crippen LogP contribution in [-0.2, 0) is 13.2 Å². The molecule has 0 heterocycles. The molecule has 0 atom stereocenters. The molecular weight excluding hydrogens is 274 g/mol. The van der Waals surface area contributed by atoms with Gasteiger partial charge in [-0.15, -0.1) is 0 Å². The van der Waals surface area contributed by atoms with Crippen molar-refractivity contribution in [2.75, 3.05) is 7.11 Å². The Balaban J connectivity index is 2.22. The molecule has 2 aromatic carbocycles. The first-order valence-corrected chi connectivity index (χ1v) is 6.28. The molecule has 110 valence electrons. The normalized spacial score (nSPS) is 10.2. The number of rotatable bonds is 6. The van der Waals surface area contributed by atoms with E-state index in [2.05, 4.69) is 0 Å². The fourth-order valence-corrected chi connectivity index (χ4v) is 1.90. The predicted molar refractivity (Wildman–Crippen MR) is 76.3 cm³/mol. The van der Waals surface area contributed by atoms with Crippen LogP contribution < -0.4 is 9.47 Å². The van der Waals surface area contributed by atoms with Gasteiger partial charge in [-0.25, -0.2) is 0 Å². The molecule has 6 nitrogen and oxygen atoms in total. The first-order valence-electron chi connectivity index (χ1n) is 6.28. The molecule has 2 aromatic rings. The largest absolute Gasteiger partial charge is 0.493 e. The molecule has 0 fully saturated rings. The second-order valence-corrected chi connectivity index (χ2v) is 4.32. The van der Waals surface area contributed by atoms with Gasteiger partial charge in [0.1, 0.15) is 6.61 Å². The Morgan fingerprint density at radius 3 is 2.62 bits per heavy atom. The first-order chi connectivity index (χ1) is 10.2. The lowest BCUT2D eigenvalue weighted by molar-refractivity contribution is -0.385. The highest BCUT2D eigenvalue weighted by molar-refractivity contribution is 5.44. The summed E-state index contributed by atoms with van der Waals surface area (Å²) in [6, 6.07) is 11.4. The van der Waals surface area contributed by atoms with Crippen LogP contribution in [0.15, 0.2) is 42.5 Å². The number of nitro groups is 1. The molecule has 6 heteroatoms. The number of hydrogen-bond acceptors (Lipinski definition) is 5. The Labute approximate surface area is 121 Å². The van der Waals surface area contributed by atoms with Gasteiger partial charge in [0, 0.05) is 6.07 Å². The highest BCUT2D eigenvalue weighted by Gasteiger charge is 2.14. The van der Waals surface area contributed by atoms with Crippen LogP contribution in [0.4, 0.5) is 5.69 Å². The van der Waals surface area contributed by atoms with Crippen molar-refractivity contribution in [3.8, 4) is 11.5 Å². The van der Waals surface area contributed by atoms with Gasteiger partial charge in [-0.1, -0.05) is 18.2 Å². The van der Waals surface area contributed by atoms with Gasteiger partial charge in [0.25, 0.3) is 5.69 Å². The SMILES string of the molecule is COc1ccc(CO)cc1OCc1ccccc1[N+](=O)[O-]. The van der Waals surface area contributed by atoms with Crippen LogP contribution in [0.2, 0.25) is 0 Å². The summed E-state index contributed by atoms with van der Waals surface area (Å²) in [5.41, 5.74) is 1.15. The lowest BCUT2D eigenvalue weighted by Crippen LogP contribution is -2.02. The molecule has 0 aliphatic rings. The van der Waals surface area contributed by atoms with E-state index in [-0.39, 0.29) is 18.9 Å². The van der Waals surface area contributed by atoms with E-state index in [1.165, 1.54) is 13.2 Å². The maximum absolute atomic E-state index is 10.9. The second kappa shape index (κ2) is 6.71. The molecule has 0 aliphatic carbocycles. The number of nitrogens with zero attached hydrogens (tertiary/aromatic N) is 1. The van der Waals surface area contributed by atoms with Crippen molar-refractivity contribution in [1.82, 2.24) is 0 Å². The Morgan fingerprint density at radius 1 is 1.19 bits per heavy atom. The Bertz CT molecular complexity index is 642. The van der Waals surface area contributed by atoms with Crippen LogP contribution in [0.3, 0.4) is 0 Å². The number of nitro benzene ring substituents is 1. The van der Waals surface area contributed by atoms with E-state index in [1.54, 1.807) is 36.4 Å². The zero-order valence-electron chi connectivity index (χ0n) is 11.5. The molecule has 0 saturated carbocycles. The van der Waals surface area contributed by atoms with Crippen molar-refractivity contribution in [3.05, 3.63) is 63.7 Å². The van der Waals surface area contributed by atoms with Crippen molar-refractivity contribution in [2.45, 2.75) is 13.2 Å². The summed E-state index contributed by atoms with van der Waals surface area (Å²) in [5, 5.41) is 20.1. The average Bonchev–Trinajstić information content (AvgIpc) is 2.52. The Kier molecular flexibility index (Phi) is 4.73. The van der Waals surface area contributed by atoms with E-state index in [0.717, 1.165) is 0 Å². The molecule has 0 unspecified atom stereocenters. The van der Waals surface area contributed by atoms with Gasteiger partial charge in [0.2, 0.25) is 0 Å². The number of aliphatic hydroxyl groups is 1. The van der Waals surface area contributed by atoms with Crippen LogP contribution >= 0.6 is 0 Å². The summed E-state index contributed by atoms with van der Waals surface area (Å²) in [4.78, 5) is 10.5. The topological polar surface area (TPSA) is 81.8 Å². The van der Waals surface area contributed by atoms with E-state index in [9.17, 15) is 10.1 Å². The molecule has 0 aliphatic heterocycles. The van der Waals surface area contributed by atoms with Gasteiger partial charge in [-0.2, -0.15) is 0 Å². The molecule has 0 amide bonds. The lowest BCUT2D eigenvalue weighted by Gasteiger charge is -2.12. The number of para-hydroxylation sites is 1. The fourth-order valence-electron chi connectivity index (χ4n) is 1.90. The predicted octanol–water partition coefficient (Wildman–Crippen LogP) is 2.67.